The van der Waals surface area contributed by atoms with E-state index in [1.807, 2.05) is 0 Å². The average Bonchev–Trinajstić information content (AvgIpc) is 2.28. The fourth-order valence-electron chi connectivity index (χ4n) is 1.68. The molecule has 1 fully saturated rings. The van der Waals surface area contributed by atoms with Crippen LogP contribution in [0.2, 0.25) is 0 Å². The summed E-state index contributed by atoms with van der Waals surface area (Å²) in [5.74, 6) is 0. The molecule has 18 heavy (non-hydrogen) atoms. The lowest BCUT2D eigenvalue weighted by Crippen LogP contribution is -2.60. The van der Waals surface area contributed by atoms with Crippen molar-refractivity contribution < 1.29 is 23.7 Å². The Balaban J connectivity index is 2.55. The molecule has 0 spiro atoms. The predicted octanol–water partition coefficient (Wildman–Crippen LogP) is -0.433. The van der Waals surface area contributed by atoms with Crippen molar-refractivity contribution in [1.82, 2.24) is 10.2 Å². The van der Waals surface area contributed by atoms with Crippen LogP contribution in [0, 0.1) is 0 Å². The summed E-state index contributed by atoms with van der Waals surface area (Å²) in [7, 11) is 3.45. The zero-order valence-electron chi connectivity index (χ0n) is 10.2. The molecule has 0 radical (unpaired) electrons. The Morgan fingerprint density at radius 3 is 2.56 bits per heavy atom. The van der Waals surface area contributed by atoms with E-state index in [-0.39, 0.29) is 6.61 Å². The molecule has 4 atom stereocenters. The first kappa shape index (κ1) is 15.5. The van der Waals surface area contributed by atoms with Crippen LogP contribution in [0.25, 0.3) is 0 Å². The van der Waals surface area contributed by atoms with Gasteiger partial charge in [0.15, 0.2) is 5.11 Å². The maximum absolute atomic E-state index is 12.2. The van der Waals surface area contributed by atoms with Crippen LogP contribution in [0.4, 0.5) is 8.78 Å². The fraction of sp³-hybridized carbons (Fsp3) is 0.900. The standard InChI is InChI=1S/C10H18F2N2O3S/c1-14(2)10(18)13-5-4-17-6(3-7(11)12)9(16)8(5)15/h5-9,15-16H,3-4H2,1-2H3,(H,13,18). The maximum atomic E-state index is 12.2. The SMILES string of the molecule is CN(C)C(=S)NC1COC(CC(F)F)C(O)C1O. The third-order valence-electron chi connectivity index (χ3n) is 2.76. The lowest BCUT2D eigenvalue weighted by molar-refractivity contribution is -0.158. The second-order valence-electron chi connectivity index (χ2n) is 4.43. The van der Waals surface area contributed by atoms with Gasteiger partial charge in [-0.2, -0.15) is 0 Å². The van der Waals surface area contributed by atoms with Gasteiger partial charge in [-0.1, -0.05) is 0 Å². The lowest BCUT2D eigenvalue weighted by Gasteiger charge is -2.38. The molecule has 0 aliphatic carbocycles. The van der Waals surface area contributed by atoms with Crippen molar-refractivity contribution in [3.05, 3.63) is 0 Å². The van der Waals surface area contributed by atoms with Gasteiger partial charge in [-0.15, -0.1) is 0 Å². The highest BCUT2D eigenvalue weighted by atomic mass is 32.1. The van der Waals surface area contributed by atoms with Gasteiger partial charge >= 0.3 is 0 Å². The number of halogens is 2. The highest BCUT2D eigenvalue weighted by Gasteiger charge is 2.39. The first-order valence-corrected chi connectivity index (χ1v) is 5.97. The molecule has 0 aromatic rings. The first-order chi connectivity index (χ1) is 8.32. The largest absolute Gasteiger partial charge is 0.388 e. The Labute approximate surface area is 110 Å². The maximum Gasteiger partial charge on any atom is 0.241 e. The topological polar surface area (TPSA) is 65.0 Å². The molecule has 8 heteroatoms. The smallest absolute Gasteiger partial charge is 0.241 e. The van der Waals surface area contributed by atoms with Crippen LogP contribution in [0.1, 0.15) is 6.42 Å². The Morgan fingerprint density at radius 1 is 1.44 bits per heavy atom. The van der Waals surface area contributed by atoms with E-state index in [0.717, 1.165) is 0 Å². The summed E-state index contributed by atoms with van der Waals surface area (Å²) in [5, 5.41) is 22.7. The quantitative estimate of drug-likeness (QED) is 0.611. The van der Waals surface area contributed by atoms with Crippen LogP contribution in [0.5, 0.6) is 0 Å². The Bertz CT molecular complexity index is 294. The number of nitrogens with zero attached hydrogens (tertiary/aromatic N) is 1. The summed E-state index contributed by atoms with van der Waals surface area (Å²) in [6, 6.07) is -0.608. The molecule has 5 nitrogen and oxygen atoms in total. The number of nitrogens with one attached hydrogen (secondary N) is 1. The number of ether oxygens (including phenoxy) is 1. The van der Waals surface area contributed by atoms with Crippen LogP contribution in [-0.2, 0) is 4.74 Å². The minimum Gasteiger partial charge on any atom is -0.388 e. The number of hydrogen-bond acceptors (Lipinski definition) is 4. The van der Waals surface area contributed by atoms with Crippen LogP contribution >= 0.6 is 12.2 Å². The number of aliphatic hydroxyl groups excluding tert-OH is 2. The summed E-state index contributed by atoms with van der Waals surface area (Å²) in [6.07, 6.45) is -6.77. The average molecular weight is 284 g/mol. The van der Waals surface area contributed by atoms with Crippen LogP contribution < -0.4 is 5.32 Å². The zero-order chi connectivity index (χ0) is 13.9. The minimum absolute atomic E-state index is 0.0175. The van der Waals surface area contributed by atoms with Crippen molar-refractivity contribution in [2.45, 2.75) is 37.2 Å². The summed E-state index contributed by atoms with van der Waals surface area (Å²) < 4.78 is 29.6. The Morgan fingerprint density at radius 2 is 2.06 bits per heavy atom. The van der Waals surface area contributed by atoms with E-state index in [4.69, 9.17) is 17.0 Å². The van der Waals surface area contributed by atoms with Gasteiger partial charge in [0.1, 0.15) is 12.2 Å². The zero-order valence-corrected chi connectivity index (χ0v) is 11.0. The second-order valence-corrected chi connectivity index (χ2v) is 4.82. The van der Waals surface area contributed by atoms with Gasteiger partial charge in [0.2, 0.25) is 6.43 Å². The molecule has 0 aromatic heterocycles. The molecule has 0 saturated carbocycles. The van der Waals surface area contributed by atoms with Crippen LogP contribution in [0.15, 0.2) is 0 Å². The number of hydrogen-bond donors (Lipinski definition) is 3. The Hall–Kier alpha value is -0.570. The van der Waals surface area contributed by atoms with Gasteiger partial charge in [-0.05, 0) is 12.2 Å². The molecule has 1 aliphatic heterocycles. The molecular formula is C10H18F2N2O3S. The fourth-order valence-corrected chi connectivity index (χ4v) is 1.83. The van der Waals surface area contributed by atoms with Gasteiger partial charge in [-0.3, -0.25) is 0 Å². The number of aliphatic hydroxyl groups is 2. The van der Waals surface area contributed by atoms with Crippen molar-refractivity contribution >= 4 is 17.3 Å². The van der Waals surface area contributed by atoms with E-state index in [2.05, 4.69) is 5.32 Å². The molecule has 4 unspecified atom stereocenters. The van der Waals surface area contributed by atoms with E-state index in [9.17, 15) is 19.0 Å². The number of thiocarbonyl (C=S) groups is 1. The highest BCUT2D eigenvalue weighted by molar-refractivity contribution is 7.80. The highest BCUT2D eigenvalue weighted by Crippen LogP contribution is 2.20. The Kier molecular flexibility index (Phi) is 5.64. The van der Waals surface area contributed by atoms with E-state index in [1.54, 1.807) is 19.0 Å². The molecule has 1 saturated heterocycles. The van der Waals surface area contributed by atoms with Crippen molar-refractivity contribution in [2.24, 2.45) is 0 Å². The molecule has 1 rings (SSSR count). The molecule has 3 N–H and O–H groups in total. The summed E-state index contributed by atoms with van der Waals surface area (Å²) in [6.45, 7) is 0.0175. The molecule has 0 bridgehead atoms. The normalized spacial score (nSPS) is 32.4. The monoisotopic (exact) mass is 284 g/mol. The molecular weight excluding hydrogens is 266 g/mol. The van der Waals surface area contributed by atoms with Gasteiger partial charge < -0.3 is 25.2 Å². The van der Waals surface area contributed by atoms with Crippen molar-refractivity contribution in [3.8, 4) is 0 Å². The summed E-state index contributed by atoms with van der Waals surface area (Å²) in [4.78, 5) is 1.62. The predicted molar refractivity (Wildman–Crippen MR) is 65.6 cm³/mol. The summed E-state index contributed by atoms with van der Waals surface area (Å²) >= 11 is 5.00. The van der Waals surface area contributed by atoms with Gasteiger partial charge in [0.25, 0.3) is 0 Å². The van der Waals surface area contributed by atoms with Gasteiger partial charge in [-0.25, -0.2) is 8.78 Å². The minimum atomic E-state index is -2.58. The van der Waals surface area contributed by atoms with Crippen LogP contribution in [0.3, 0.4) is 0 Å². The third-order valence-corrected chi connectivity index (χ3v) is 3.24. The first-order valence-electron chi connectivity index (χ1n) is 5.56. The van der Waals surface area contributed by atoms with E-state index in [0.29, 0.717) is 5.11 Å². The van der Waals surface area contributed by atoms with E-state index in [1.165, 1.54) is 0 Å². The molecule has 1 heterocycles. The van der Waals surface area contributed by atoms with Crippen LogP contribution in [-0.4, -0.2) is 71.7 Å². The molecule has 0 aromatic carbocycles. The third kappa shape index (κ3) is 3.98. The van der Waals surface area contributed by atoms with E-state index < -0.39 is 37.2 Å². The molecule has 1 aliphatic rings. The molecule has 0 amide bonds. The molecule has 106 valence electrons. The summed E-state index contributed by atoms with van der Waals surface area (Å²) in [5.41, 5.74) is 0. The number of alkyl halides is 2. The van der Waals surface area contributed by atoms with Gasteiger partial charge in [0.05, 0.1) is 18.8 Å². The number of rotatable bonds is 3. The van der Waals surface area contributed by atoms with Crippen molar-refractivity contribution in [2.75, 3.05) is 20.7 Å². The lowest BCUT2D eigenvalue weighted by atomic mass is 9.96. The van der Waals surface area contributed by atoms with Gasteiger partial charge in [0, 0.05) is 20.5 Å². The second kappa shape index (κ2) is 6.55. The van der Waals surface area contributed by atoms with Crippen molar-refractivity contribution in [3.63, 3.8) is 0 Å². The van der Waals surface area contributed by atoms with Crippen molar-refractivity contribution in [1.29, 1.82) is 0 Å². The van der Waals surface area contributed by atoms with E-state index >= 15 is 0 Å².